The molecule has 0 aliphatic heterocycles. The lowest BCUT2D eigenvalue weighted by Crippen LogP contribution is -2.26. The highest BCUT2D eigenvalue weighted by Crippen LogP contribution is 2.45. The van der Waals surface area contributed by atoms with Crippen LogP contribution in [0.2, 0.25) is 0 Å². The number of nitrogen functional groups attached to an aromatic ring is 1. The Labute approximate surface area is 124 Å². The molecule has 0 spiro atoms. The standard InChI is InChI=1S/C14H23N3O2S/c1-8(2)19-11-10(15)12(14(18)17(3)4)20-13(11)16-9-6-5-7-9/h8-9,16H,5-7,15H2,1-4H3. The van der Waals surface area contributed by atoms with E-state index in [-0.39, 0.29) is 12.0 Å². The van der Waals surface area contributed by atoms with Crippen molar-refractivity contribution < 1.29 is 9.53 Å². The van der Waals surface area contributed by atoms with Gasteiger partial charge in [0.1, 0.15) is 15.6 Å². The number of ether oxygens (including phenoxy) is 1. The molecule has 2 rings (SSSR count). The quantitative estimate of drug-likeness (QED) is 0.877. The summed E-state index contributed by atoms with van der Waals surface area (Å²) >= 11 is 1.39. The Bertz CT molecular complexity index is 493. The normalized spacial score (nSPS) is 15.1. The first-order chi connectivity index (χ1) is 9.40. The number of rotatable bonds is 5. The van der Waals surface area contributed by atoms with Gasteiger partial charge < -0.3 is 20.7 Å². The van der Waals surface area contributed by atoms with E-state index in [1.807, 2.05) is 13.8 Å². The first-order valence-corrected chi connectivity index (χ1v) is 7.79. The third-order valence-electron chi connectivity index (χ3n) is 3.29. The van der Waals surface area contributed by atoms with Crippen molar-refractivity contribution in [3.8, 4) is 5.75 Å². The van der Waals surface area contributed by atoms with Crippen LogP contribution in [-0.4, -0.2) is 37.0 Å². The van der Waals surface area contributed by atoms with Crippen molar-refractivity contribution in [3.05, 3.63) is 4.88 Å². The van der Waals surface area contributed by atoms with E-state index in [1.165, 1.54) is 22.7 Å². The van der Waals surface area contributed by atoms with Crippen LogP contribution in [0.3, 0.4) is 0 Å². The molecule has 0 aromatic carbocycles. The fraction of sp³-hybridized carbons (Fsp3) is 0.643. The van der Waals surface area contributed by atoms with Crippen molar-refractivity contribution in [2.24, 2.45) is 0 Å². The third-order valence-corrected chi connectivity index (χ3v) is 4.40. The van der Waals surface area contributed by atoms with Crippen molar-refractivity contribution in [2.75, 3.05) is 25.1 Å². The SMILES string of the molecule is CC(C)Oc1c(NC2CCC2)sc(C(=O)N(C)C)c1N. The lowest BCUT2D eigenvalue weighted by Gasteiger charge is -2.27. The summed E-state index contributed by atoms with van der Waals surface area (Å²) in [6.07, 6.45) is 3.60. The number of nitrogens with one attached hydrogen (secondary N) is 1. The number of nitrogens with zero attached hydrogens (tertiary/aromatic N) is 1. The zero-order valence-corrected chi connectivity index (χ0v) is 13.3. The first-order valence-electron chi connectivity index (χ1n) is 6.97. The summed E-state index contributed by atoms with van der Waals surface area (Å²) in [5, 5.41) is 4.33. The van der Waals surface area contributed by atoms with Crippen LogP contribution in [0.5, 0.6) is 5.75 Å². The molecule has 1 saturated carbocycles. The third kappa shape index (κ3) is 3.00. The van der Waals surface area contributed by atoms with Crippen LogP contribution in [0.15, 0.2) is 0 Å². The predicted octanol–water partition coefficient (Wildman–Crippen LogP) is 2.78. The smallest absolute Gasteiger partial charge is 0.265 e. The molecule has 1 amide bonds. The second-order valence-corrected chi connectivity index (χ2v) is 6.66. The average molecular weight is 297 g/mol. The van der Waals surface area contributed by atoms with E-state index in [4.69, 9.17) is 10.5 Å². The minimum atomic E-state index is -0.0808. The molecule has 0 radical (unpaired) electrons. The molecule has 1 aromatic rings. The summed E-state index contributed by atoms with van der Waals surface area (Å²) in [5.74, 6) is 0.546. The fourth-order valence-corrected chi connectivity index (χ4v) is 3.13. The minimum absolute atomic E-state index is 0.0242. The minimum Gasteiger partial charge on any atom is -0.486 e. The van der Waals surface area contributed by atoms with Crippen LogP contribution in [0.25, 0.3) is 0 Å². The van der Waals surface area contributed by atoms with Gasteiger partial charge in [0.2, 0.25) is 0 Å². The summed E-state index contributed by atoms with van der Waals surface area (Å²) in [6.45, 7) is 3.91. The summed E-state index contributed by atoms with van der Waals surface area (Å²) < 4.78 is 5.81. The first kappa shape index (κ1) is 15.0. The Morgan fingerprint density at radius 3 is 2.55 bits per heavy atom. The number of carbonyl (C=O) groups is 1. The van der Waals surface area contributed by atoms with Gasteiger partial charge >= 0.3 is 0 Å². The molecular weight excluding hydrogens is 274 g/mol. The molecule has 1 fully saturated rings. The maximum absolute atomic E-state index is 12.2. The molecule has 3 N–H and O–H groups in total. The van der Waals surface area contributed by atoms with E-state index in [1.54, 1.807) is 14.1 Å². The summed E-state index contributed by atoms with van der Waals surface area (Å²) in [6, 6.07) is 0.477. The highest BCUT2D eigenvalue weighted by Gasteiger charge is 2.27. The number of anilines is 2. The zero-order valence-electron chi connectivity index (χ0n) is 12.5. The highest BCUT2D eigenvalue weighted by molar-refractivity contribution is 7.19. The second kappa shape index (κ2) is 5.91. The van der Waals surface area contributed by atoms with Crippen LogP contribution in [0, 0.1) is 0 Å². The van der Waals surface area contributed by atoms with Crippen LogP contribution in [0.1, 0.15) is 42.8 Å². The van der Waals surface area contributed by atoms with Crippen molar-refractivity contribution >= 4 is 27.9 Å². The van der Waals surface area contributed by atoms with Crippen molar-refractivity contribution in [1.29, 1.82) is 0 Å². The molecule has 112 valence electrons. The van der Waals surface area contributed by atoms with Crippen LogP contribution in [0.4, 0.5) is 10.7 Å². The molecule has 1 aliphatic carbocycles. The van der Waals surface area contributed by atoms with Crippen LogP contribution >= 0.6 is 11.3 Å². The molecule has 1 heterocycles. The lowest BCUT2D eigenvalue weighted by atomic mass is 9.93. The van der Waals surface area contributed by atoms with Gasteiger partial charge in [0.15, 0.2) is 5.75 Å². The number of amides is 1. The number of thiophene rings is 1. The maximum atomic E-state index is 12.2. The van der Waals surface area contributed by atoms with Crippen molar-refractivity contribution in [3.63, 3.8) is 0 Å². The Morgan fingerprint density at radius 1 is 1.45 bits per heavy atom. The maximum Gasteiger partial charge on any atom is 0.265 e. The molecule has 5 nitrogen and oxygen atoms in total. The van der Waals surface area contributed by atoms with Gasteiger partial charge in [-0.15, -0.1) is 11.3 Å². The molecule has 6 heteroatoms. The van der Waals surface area contributed by atoms with E-state index in [0.29, 0.717) is 22.4 Å². The molecular formula is C14H23N3O2S. The topological polar surface area (TPSA) is 67.6 Å². The largest absolute Gasteiger partial charge is 0.486 e. The number of carbonyl (C=O) groups excluding carboxylic acids is 1. The molecule has 0 atom stereocenters. The summed E-state index contributed by atoms with van der Waals surface area (Å²) in [5.41, 5.74) is 6.57. The molecule has 0 bridgehead atoms. The Hall–Kier alpha value is -1.43. The molecule has 1 aliphatic rings. The van der Waals surface area contributed by atoms with Crippen LogP contribution in [-0.2, 0) is 0 Å². The van der Waals surface area contributed by atoms with Gasteiger partial charge in [-0.3, -0.25) is 4.79 Å². The Balaban J connectivity index is 2.31. The number of nitrogens with two attached hydrogens (primary N) is 1. The fourth-order valence-electron chi connectivity index (χ4n) is 1.98. The highest BCUT2D eigenvalue weighted by atomic mass is 32.1. The number of hydrogen-bond acceptors (Lipinski definition) is 5. The van der Waals surface area contributed by atoms with Gasteiger partial charge in [-0.2, -0.15) is 0 Å². The van der Waals surface area contributed by atoms with Gasteiger partial charge in [-0.25, -0.2) is 0 Å². The van der Waals surface area contributed by atoms with E-state index in [9.17, 15) is 4.79 Å². The molecule has 1 aromatic heterocycles. The molecule has 20 heavy (non-hydrogen) atoms. The van der Waals surface area contributed by atoms with E-state index in [2.05, 4.69) is 5.32 Å². The van der Waals surface area contributed by atoms with E-state index in [0.717, 1.165) is 17.8 Å². The summed E-state index contributed by atoms with van der Waals surface area (Å²) in [4.78, 5) is 14.2. The zero-order chi connectivity index (χ0) is 14.9. The van der Waals surface area contributed by atoms with Gasteiger partial charge in [-0.05, 0) is 33.1 Å². The lowest BCUT2D eigenvalue weighted by molar-refractivity contribution is 0.0833. The average Bonchev–Trinajstić information content (AvgIpc) is 2.60. The second-order valence-electron chi connectivity index (χ2n) is 5.64. The van der Waals surface area contributed by atoms with Gasteiger partial charge in [0.25, 0.3) is 5.91 Å². The summed E-state index contributed by atoms with van der Waals surface area (Å²) in [7, 11) is 3.45. The molecule has 0 unspecified atom stereocenters. The van der Waals surface area contributed by atoms with E-state index < -0.39 is 0 Å². The van der Waals surface area contributed by atoms with Crippen molar-refractivity contribution in [1.82, 2.24) is 4.90 Å². The van der Waals surface area contributed by atoms with Gasteiger partial charge in [0.05, 0.1) is 6.10 Å². The van der Waals surface area contributed by atoms with Crippen LogP contribution < -0.4 is 15.8 Å². The number of hydrogen-bond donors (Lipinski definition) is 2. The molecule has 0 saturated heterocycles. The van der Waals surface area contributed by atoms with Gasteiger partial charge in [0, 0.05) is 20.1 Å². The van der Waals surface area contributed by atoms with Crippen molar-refractivity contribution in [2.45, 2.75) is 45.3 Å². The van der Waals surface area contributed by atoms with E-state index >= 15 is 0 Å². The predicted molar refractivity (Wildman–Crippen MR) is 83.8 cm³/mol. The monoisotopic (exact) mass is 297 g/mol. The van der Waals surface area contributed by atoms with Gasteiger partial charge in [-0.1, -0.05) is 0 Å². The Morgan fingerprint density at radius 2 is 2.10 bits per heavy atom. The Kier molecular flexibility index (Phi) is 4.42.